The Kier molecular flexibility index (Phi) is 6.08. The summed E-state index contributed by atoms with van der Waals surface area (Å²) in [5, 5.41) is 18.3. The second kappa shape index (κ2) is 8.95. The van der Waals surface area contributed by atoms with Gasteiger partial charge in [0, 0.05) is 32.7 Å². The highest BCUT2D eigenvalue weighted by molar-refractivity contribution is 6.45. The lowest BCUT2D eigenvalue weighted by Crippen LogP contribution is -2.48. The van der Waals surface area contributed by atoms with Crippen molar-refractivity contribution in [3.63, 3.8) is 0 Å². The minimum atomic E-state index is -0.348. The van der Waals surface area contributed by atoms with E-state index in [4.69, 9.17) is 5.26 Å². The Morgan fingerprint density at radius 2 is 1.66 bits per heavy atom. The lowest BCUT2D eigenvalue weighted by Gasteiger charge is -2.36. The molecule has 2 amide bonds. The number of hydrogen-bond acceptors (Lipinski definition) is 6. The zero-order chi connectivity index (χ0) is 22.8. The van der Waals surface area contributed by atoms with Crippen LogP contribution in [0.1, 0.15) is 22.3 Å². The van der Waals surface area contributed by atoms with Crippen LogP contribution in [0, 0.1) is 25.2 Å². The first-order valence-electron chi connectivity index (χ1n) is 10.7. The van der Waals surface area contributed by atoms with E-state index < -0.39 is 0 Å². The Labute approximate surface area is 187 Å². The number of piperazine rings is 1. The van der Waals surface area contributed by atoms with Gasteiger partial charge in [-0.3, -0.25) is 14.5 Å². The zero-order valence-electron chi connectivity index (χ0n) is 18.3. The summed E-state index contributed by atoms with van der Waals surface area (Å²) in [6.07, 6.45) is 0. The fraction of sp³-hybridized carbons (Fsp3) is 0.320. The lowest BCUT2D eigenvalue weighted by molar-refractivity contribution is -0.120. The van der Waals surface area contributed by atoms with Crippen LogP contribution in [-0.4, -0.2) is 66.1 Å². The van der Waals surface area contributed by atoms with Crippen LogP contribution in [0.2, 0.25) is 0 Å². The van der Waals surface area contributed by atoms with Gasteiger partial charge in [-0.1, -0.05) is 23.8 Å². The number of aliphatic hydroxyl groups is 1. The van der Waals surface area contributed by atoms with Crippen LogP contribution in [-0.2, 0) is 9.59 Å². The molecule has 7 heteroatoms. The van der Waals surface area contributed by atoms with E-state index in [1.807, 2.05) is 36.9 Å². The van der Waals surface area contributed by atoms with E-state index in [-0.39, 0.29) is 18.4 Å². The SMILES string of the molecule is Cc1ccc(C2=C(N3CCN(CCO)CC3)C(=O)N(c3ccc(C#N)cc3)C2=O)c(C)c1. The van der Waals surface area contributed by atoms with Crippen LogP contribution in [0.25, 0.3) is 5.57 Å². The third-order valence-corrected chi connectivity index (χ3v) is 6.07. The number of carbonyl (C=O) groups is 2. The predicted molar refractivity (Wildman–Crippen MR) is 122 cm³/mol. The summed E-state index contributed by atoms with van der Waals surface area (Å²) in [5.41, 5.74) is 4.57. The first-order valence-corrected chi connectivity index (χ1v) is 10.7. The van der Waals surface area contributed by atoms with Gasteiger partial charge in [0.1, 0.15) is 5.70 Å². The van der Waals surface area contributed by atoms with Gasteiger partial charge >= 0.3 is 0 Å². The van der Waals surface area contributed by atoms with Crippen molar-refractivity contribution in [3.05, 3.63) is 70.4 Å². The summed E-state index contributed by atoms with van der Waals surface area (Å²) in [4.78, 5) is 32.6. The Bertz CT molecular complexity index is 1120. The maximum Gasteiger partial charge on any atom is 0.282 e. The molecule has 1 fully saturated rings. The fourth-order valence-corrected chi connectivity index (χ4v) is 4.40. The number of nitrogens with zero attached hydrogens (tertiary/aromatic N) is 4. The van der Waals surface area contributed by atoms with E-state index in [1.165, 1.54) is 4.90 Å². The zero-order valence-corrected chi connectivity index (χ0v) is 18.3. The normalized spacial score (nSPS) is 17.3. The molecule has 2 aliphatic heterocycles. The van der Waals surface area contributed by atoms with Gasteiger partial charge in [0.25, 0.3) is 11.8 Å². The average Bonchev–Trinajstić information content (AvgIpc) is 3.04. The first kappa shape index (κ1) is 21.8. The summed E-state index contributed by atoms with van der Waals surface area (Å²) in [7, 11) is 0. The number of β-amino-alcohol motifs (C(OH)–C–C–N with tert-alkyl or cyclic N) is 1. The van der Waals surface area contributed by atoms with Crippen molar-refractivity contribution >= 4 is 23.1 Å². The number of nitriles is 1. The van der Waals surface area contributed by atoms with Crippen LogP contribution in [0.15, 0.2) is 48.2 Å². The molecule has 1 N–H and O–H groups in total. The van der Waals surface area contributed by atoms with Crippen LogP contribution < -0.4 is 4.90 Å². The van der Waals surface area contributed by atoms with E-state index in [2.05, 4.69) is 11.0 Å². The molecule has 2 aromatic carbocycles. The maximum absolute atomic E-state index is 13.6. The molecule has 164 valence electrons. The largest absolute Gasteiger partial charge is 0.395 e. The van der Waals surface area contributed by atoms with E-state index in [1.54, 1.807) is 24.3 Å². The maximum atomic E-state index is 13.6. The number of imide groups is 1. The van der Waals surface area contributed by atoms with Crippen LogP contribution >= 0.6 is 0 Å². The van der Waals surface area contributed by atoms with Crippen LogP contribution in [0.5, 0.6) is 0 Å². The predicted octanol–water partition coefficient (Wildman–Crippen LogP) is 2.07. The van der Waals surface area contributed by atoms with E-state index in [0.29, 0.717) is 55.2 Å². The van der Waals surface area contributed by atoms with Crippen LogP contribution in [0.3, 0.4) is 0 Å². The van der Waals surface area contributed by atoms with E-state index in [9.17, 15) is 14.7 Å². The van der Waals surface area contributed by atoms with Gasteiger partial charge in [-0.15, -0.1) is 0 Å². The number of amides is 2. The number of carbonyl (C=O) groups excluding carboxylic acids is 2. The second-order valence-electron chi connectivity index (χ2n) is 8.20. The van der Waals surface area contributed by atoms with Gasteiger partial charge in [0.15, 0.2) is 0 Å². The molecule has 32 heavy (non-hydrogen) atoms. The molecular formula is C25H26N4O3. The molecule has 0 unspecified atom stereocenters. The molecule has 0 aromatic heterocycles. The van der Waals surface area contributed by atoms with Gasteiger partial charge < -0.3 is 10.0 Å². The summed E-state index contributed by atoms with van der Waals surface area (Å²) in [5.74, 6) is -0.690. The Morgan fingerprint density at radius 3 is 2.25 bits per heavy atom. The Balaban J connectivity index is 1.76. The van der Waals surface area contributed by atoms with Gasteiger partial charge in [-0.25, -0.2) is 4.90 Å². The summed E-state index contributed by atoms with van der Waals surface area (Å²) in [6.45, 7) is 7.27. The molecule has 0 atom stereocenters. The molecule has 2 aliphatic rings. The molecule has 1 saturated heterocycles. The van der Waals surface area contributed by atoms with Crippen molar-refractivity contribution in [2.24, 2.45) is 0 Å². The van der Waals surface area contributed by atoms with Gasteiger partial charge in [0.05, 0.1) is 29.5 Å². The molecule has 2 heterocycles. The molecule has 2 aromatic rings. The standard InChI is InChI=1S/C25H26N4O3/c1-17-3-8-21(18(2)15-17)22-23(28-11-9-27(10-12-28)13-14-30)25(32)29(24(22)31)20-6-4-19(16-26)5-7-20/h3-8,15,30H,9-14H2,1-2H3. The van der Waals surface area contributed by atoms with E-state index >= 15 is 0 Å². The molecule has 7 nitrogen and oxygen atoms in total. The van der Waals surface area contributed by atoms with Crippen molar-refractivity contribution in [3.8, 4) is 6.07 Å². The number of hydrogen-bond donors (Lipinski definition) is 1. The fourth-order valence-electron chi connectivity index (χ4n) is 4.40. The van der Waals surface area contributed by atoms with Crippen molar-refractivity contribution < 1.29 is 14.7 Å². The number of aliphatic hydroxyl groups excluding tert-OH is 1. The molecule has 0 spiro atoms. The summed E-state index contributed by atoms with van der Waals surface area (Å²) in [6, 6.07) is 14.4. The molecule has 0 aliphatic carbocycles. The number of anilines is 1. The second-order valence-corrected chi connectivity index (χ2v) is 8.20. The average molecular weight is 431 g/mol. The summed E-state index contributed by atoms with van der Waals surface area (Å²) >= 11 is 0. The topological polar surface area (TPSA) is 87.9 Å². The van der Waals surface area contributed by atoms with E-state index in [0.717, 1.165) is 16.7 Å². The summed E-state index contributed by atoms with van der Waals surface area (Å²) < 4.78 is 0. The van der Waals surface area contributed by atoms with Gasteiger partial charge in [-0.05, 0) is 49.2 Å². The molecular weight excluding hydrogens is 404 g/mol. The molecule has 0 saturated carbocycles. The smallest absolute Gasteiger partial charge is 0.282 e. The van der Waals surface area contributed by atoms with Crippen molar-refractivity contribution in [2.45, 2.75) is 13.8 Å². The minimum absolute atomic E-state index is 0.0976. The first-order chi connectivity index (χ1) is 15.4. The quantitative estimate of drug-likeness (QED) is 0.731. The van der Waals surface area contributed by atoms with Crippen molar-refractivity contribution in [1.82, 2.24) is 9.80 Å². The number of aryl methyl sites for hydroxylation is 2. The Hall–Kier alpha value is -3.47. The molecule has 0 radical (unpaired) electrons. The highest BCUT2D eigenvalue weighted by Gasteiger charge is 2.43. The highest BCUT2D eigenvalue weighted by atomic mass is 16.3. The Morgan fingerprint density at radius 1 is 0.969 bits per heavy atom. The lowest BCUT2D eigenvalue weighted by atomic mass is 9.97. The third-order valence-electron chi connectivity index (χ3n) is 6.07. The van der Waals surface area contributed by atoms with Crippen molar-refractivity contribution in [1.29, 1.82) is 5.26 Å². The molecule has 0 bridgehead atoms. The molecule has 4 rings (SSSR count). The van der Waals surface area contributed by atoms with Crippen molar-refractivity contribution in [2.75, 3.05) is 44.2 Å². The van der Waals surface area contributed by atoms with Crippen LogP contribution in [0.4, 0.5) is 5.69 Å². The third kappa shape index (κ3) is 3.91. The minimum Gasteiger partial charge on any atom is -0.395 e. The monoisotopic (exact) mass is 430 g/mol. The van der Waals surface area contributed by atoms with Gasteiger partial charge in [0.2, 0.25) is 0 Å². The highest BCUT2D eigenvalue weighted by Crippen LogP contribution is 2.36. The van der Waals surface area contributed by atoms with Gasteiger partial charge in [-0.2, -0.15) is 5.26 Å². The number of benzene rings is 2. The number of rotatable bonds is 5.